The maximum Gasteiger partial charge on any atom is 0.336 e. The van der Waals surface area contributed by atoms with Crippen LogP contribution in [-0.4, -0.2) is 28.3 Å². The van der Waals surface area contributed by atoms with Crippen molar-refractivity contribution in [2.24, 2.45) is 0 Å². The second kappa shape index (κ2) is 7.56. The van der Waals surface area contributed by atoms with Crippen molar-refractivity contribution in [3.8, 4) is 0 Å². The summed E-state index contributed by atoms with van der Waals surface area (Å²) >= 11 is 5.56. The first kappa shape index (κ1) is 16.7. The fourth-order valence-corrected chi connectivity index (χ4v) is 2.27. The predicted octanol–water partition coefficient (Wildman–Crippen LogP) is 2.49. The van der Waals surface area contributed by atoms with Crippen molar-refractivity contribution < 1.29 is 19.5 Å². The van der Waals surface area contributed by atoms with Crippen molar-refractivity contribution in [3.63, 3.8) is 0 Å². The molecule has 2 N–H and O–H groups in total. The van der Waals surface area contributed by atoms with Crippen molar-refractivity contribution >= 4 is 28.7 Å². The van der Waals surface area contributed by atoms with Crippen LogP contribution in [0.15, 0.2) is 54.6 Å². The first-order valence-electron chi connectivity index (χ1n) is 6.85. The summed E-state index contributed by atoms with van der Waals surface area (Å²) in [6.07, 6.45) is 0.226. The highest BCUT2D eigenvalue weighted by Gasteiger charge is 2.22. The van der Waals surface area contributed by atoms with Gasteiger partial charge in [-0.25, -0.2) is 4.79 Å². The van der Waals surface area contributed by atoms with Crippen LogP contribution in [0.4, 0.5) is 0 Å². The topological polar surface area (TPSA) is 83.5 Å². The zero-order valence-electron chi connectivity index (χ0n) is 12.0. The molecule has 0 aromatic heterocycles. The summed E-state index contributed by atoms with van der Waals surface area (Å²) in [5, 5.41) is 10.9. The lowest BCUT2D eigenvalue weighted by molar-refractivity contribution is -0.113. The van der Waals surface area contributed by atoms with E-state index in [9.17, 15) is 14.4 Å². The quantitative estimate of drug-likeness (QED) is 0.797. The number of carboxylic acid groups (broad SMARTS) is 1. The third-order valence-electron chi connectivity index (χ3n) is 3.26. The zero-order valence-corrected chi connectivity index (χ0v) is 12.8. The Hall–Kier alpha value is -2.66. The second-order valence-electron chi connectivity index (χ2n) is 4.87. The van der Waals surface area contributed by atoms with Crippen molar-refractivity contribution in [2.45, 2.75) is 12.5 Å². The van der Waals surface area contributed by atoms with Crippen molar-refractivity contribution in [1.29, 1.82) is 0 Å². The Labute approximate surface area is 137 Å². The fraction of sp³-hybridized carbons (Fsp3) is 0.118. The number of hydrogen-bond donors (Lipinski definition) is 2. The van der Waals surface area contributed by atoms with Gasteiger partial charge in [0.1, 0.15) is 6.04 Å². The Balaban J connectivity index is 2.19. The molecular weight excluding hydrogens is 318 g/mol. The molecule has 2 aromatic rings. The summed E-state index contributed by atoms with van der Waals surface area (Å²) in [5.41, 5.74) is 0.680. The van der Waals surface area contributed by atoms with Gasteiger partial charge in [-0.05, 0) is 29.3 Å². The Morgan fingerprint density at radius 1 is 0.957 bits per heavy atom. The Morgan fingerprint density at radius 2 is 1.52 bits per heavy atom. The van der Waals surface area contributed by atoms with Crippen LogP contribution in [0.1, 0.15) is 26.3 Å². The molecule has 0 aliphatic rings. The van der Waals surface area contributed by atoms with E-state index in [0.29, 0.717) is 0 Å². The lowest BCUT2D eigenvalue weighted by Crippen LogP contribution is -2.41. The number of hydrogen-bond acceptors (Lipinski definition) is 3. The molecule has 0 radical (unpaired) electrons. The van der Waals surface area contributed by atoms with E-state index in [2.05, 4.69) is 5.32 Å². The summed E-state index contributed by atoms with van der Waals surface area (Å²) in [7, 11) is 0. The van der Waals surface area contributed by atoms with Crippen LogP contribution >= 0.6 is 11.6 Å². The number of halogens is 1. The minimum atomic E-state index is -1.22. The molecule has 0 aliphatic heterocycles. The van der Waals surface area contributed by atoms with Gasteiger partial charge < -0.3 is 10.4 Å². The first-order chi connectivity index (χ1) is 11.0. The Bertz CT molecular complexity index is 730. The zero-order chi connectivity index (χ0) is 16.8. The number of rotatable bonds is 6. The number of carboxylic acids is 1. The summed E-state index contributed by atoms with van der Waals surface area (Å²) in [6, 6.07) is 13.9. The van der Waals surface area contributed by atoms with E-state index in [1.54, 1.807) is 6.07 Å². The number of nitrogens with one attached hydrogen (secondary N) is 1. The van der Waals surface area contributed by atoms with Crippen molar-refractivity contribution in [2.75, 3.05) is 0 Å². The molecule has 5 nitrogen and oxygen atoms in total. The van der Waals surface area contributed by atoms with E-state index < -0.39 is 23.2 Å². The summed E-state index contributed by atoms with van der Waals surface area (Å²) in [5.74, 6) is -1.87. The van der Waals surface area contributed by atoms with Gasteiger partial charge in [-0.2, -0.15) is 0 Å². The summed E-state index contributed by atoms with van der Waals surface area (Å²) < 4.78 is 0. The van der Waals surface area contributed by atoms with Gasteiger partial charge in [-0.1, -0.05) is 42.5 Å². The molecule has 2 rings (SSSR count). The van der Waals surface area contributed by atoms with Crippen LogP contribution in [0, 0.1) is 0 Å². The van der Waals surface area contributed by atoms with Crippen molar-refractivity contribution in [1.82, 2.24) is 5.32 Å². The fourth-order valence-electron chi connectivity index (χ4n) is 2.14. The van der Waals surface area contributed by atoms with Crippen LogP contribution in [0.3, 0.4) is 0 Å². The molecule has 1 atom stereocenters. The second-order valence-corrected chi connectivity index (χ2v) is 5.24. The summed E-state index contributed by atoms with van der Waals surface area (Å²) in [6.45, 7) is 0. The van der Waals surface area contributed by atoms with Gasteiger partial charge in [0.25, 0.3) is 5.91 Å². The monoisotopic (exact) mass is 331 g/mol. The molecular formula is C17H14ClNO4. The average molecular weight is 332 g/mol. The lowest BCUT2D eigenvalue weighted by atomic mass is 10.0. The van der Waals surface area contributed by atoms with E-state index in [1.165, 1.54) is 18.2 Å². The largest absolute Gasteiger partial charge is 0.478 e. The highest BCUT2D eigenvalue weighted by molar-refractivity contribution is 6.64. The van der Waals surface area contributed by atoms with E-state index in [0.717, 1.165) is 5.56 Å². The van der Waals surface area contributed by atoms with Crippen LogP contribution in [0.2, 0.25) is 0 Å². The van der Waals surface area contributed by atoms with Crippen LogP contribution in [-0.2, 0) is 11.2 Å². The van der Waals surface area contributed by atoms with Crippen LogP contribution < -0.4 is 5.32 Å². The molecule has 0 unspecified atom stereocenters. The minimum absolute atomic E-state index is 0.0176. The van der Waals surface area contributed by atoms with Crippen LogP contribution in [0.5, 0.6) is 0 Å². The smallest absolute Gasteiger partial charge is 0.336 e. The molecule has 0 saturated carbocycles. The predicted molar refractivity (Wildman–Crippen MR) is 85.7 cm³/mol. The lowest BCUT2D eigenvalue weighted by Gasteiger charge is -2.15. The Kier molecular flexibility index (Phi) is 5.49. The Morgan fingerprint density at radius 3 is 2.09 bits per heavy atom. The third-order valence-corrected chi connectivity index (χ3v) is 3.53. The highest BCUT2D eigenvalue weighted by atomic mass is 35.5. The molecule has 1 amide bonds. The van der Waals surface area contributed by atoms with Gasteiger partial charge in [-0.15, -0.1) is 0 Å². The third kappa shape index (κ3) is 4.40. The molecule has 0 heterocycles. The number of benzene rings is 2. The molecule has 0 saturated heterocycles. The number of carbonyl (C=O) groups excluding carboxylic acids is 2. The average Bonchev–Trinajstić information content (AvgIpc) is 2.55. The molecule has 0 fully saturated rings. The van der Waals surface area contributed by atoms with Gasteiger partial charge in [0.2, 0.25) is 5.24 Å². The number of aromatic carboxylic acids is 1. The minimum Gasteiger partial charge on any atom is -0.478 e. The molecule has 2 aromatic carbocycles. The standard InChI is InChI=1S/C17H14ClNO4/c18-15(20)14(10-11-6-2-1-3-7-11)19-16(21)12-8-4-5-9-13(12)17(22)23/h1-9,14H,10H2,(H,19,21)(H,22,23)/t14-/m0/s1. The highest BCUT2D eigenvalue weighted by Crippen LogP contribution is 2.11. The molecule has 6 heteroatoms. The van der Waals surface area contributed by atoms with Gasteiger partial charge >= 0.3 is 5.97 Å². The normalized spacial score (nSPS) is 11.5. The molecule has 0 bridgehead atoms. The van der Waals surface area contributed by atoms with Gasteiger partial charge in [0.05, 0.1) is 11.1 Å². The number of carbonyl (C=O) groups is 3. The maximum atomic E-state index is 12.3. The van der Waals surface area contributed by atoms with Crippen molar-refractivity contribution in [3.05, 3.63) is 71.3 Å². The maximum absolute atomic E-state index is 12.3. The van der Waals surface area contributed by atoms with Gasteiger partial charge in [-0.3, -0.25) is 9.59 Å². The molecule has 23 heavy (non-hydrogen) atoms. The van der Waals surface area contributed by atoms with Crippen LogP contribution in [0.25, 0.3) is 0 Å². The van der Waals surface area contributed by atoms with E-state index >= 15 is 0 Å². The molecule has 0 spiro atoms. The van der Waals surface area contributed by atoms with Gasteiger partial charge in [0.15, 0.2) is 0 Å². The van der Waals surface area contributed by atoms with E-state index in [1.807, 2.05) is 30.3 Å². The number of amides is 1. The van der Waals surface area contributed by atoms with E-state index in [-0.39, 0.29) is 17.5 Å². The molecule has 0 aliphatic carbocycles. The first-order valence-corrected chi connectivity index (χ1v) is 7.23. The SMILES string of the molecule is O=C(O)c1ccccc1C(=O)N[C@@H](Cc1ccccc1)C(=O)Cl. The molecule has 118 valence electrons. The van der Waals surface area contributed by atoms with Gasteiger partial charge in [0, 0.05) is 6.42 Å². The van der Waals surface area contributed by atoms with E-state index in [4.69, 9.17) is 16.7 Å². The summed E-state index contributed by atoms with van der Waals surface area (Å²) in [4.78, 5) is 35.0.